The number of nitrogens with zero attached hydrogens (tertiary/aromatic N) is 1. The zero-order valence-electron chi connectivity index (χ0n) is 8.38. The zero-order chi connectivity index (χ0) is 8.51. The van der Waals surface area contributed by atoms with Crippen LogP contribution in [0.4, 0.5) is 0 Å². The molecule has 1 heteroatoms. The molecule has 0 bridgehead atoms. The van der Waals surface area contributed by atoms with E-state index in [1.54, 1.807) is 0 Å². The lowest BCUT2D eigenvalue weighted by atomic mass is 9.89. The van der Waals surface area contributed by atoms with Crippen molar-refractivity contribution < 1.29 is 0 Å². The molecule has 4 atom stereocenters. The van der Waals surface area contributed by atoms with Crippen molar-refractivity contribution in [2.75, 3.05) is 6.54 Å². The Morgan fingerprint density at radius 2 is 2.17 bits per heavy atom. The van der Waals surface area contributed by atoms with Gasteiger partial charge >= 0.3 is 0 Å². The predicted octanol–water partition coefficient (Wildman–Crippen LogP) is 2.13. The molecule has 3 rings (SSSR count). The van der Waals surface area contributed by atoms with Crippen LogP contribution in [-0.2, 0) is 0 Å². The van der Waals surface area contributed by atoms with Gasteiger partial charge < -0.3 is 0 Å². The molecule has 1 heterocycles. The highest BCUT2D eigenvalue weighted by atomic mass is 15.3. The van der Waals surface area contributed by atoms with Crippen LogP contribution in [0.5, 0.6) is 0 Å². The molecule has 0 amide bonds. The maximum Gasteiger partial charge on any atom is 0.0205 e. The minimum Gasteiger partial charge on any atom is -0.296 e. The van der Waals surface area contributed by atoms with E-state index in [2.05, 4.69) is 25.7 Å². The molecule has 1 saturated heterocycles. The highest BCUT2D eigenvalue weighted by Gasteiger charge is 2.77. The average molecular weight is 165 g/mol. The third kappa shape index (κ3) is 0.618. The molecule has 0 aromatic heterocycles. The van der Waals surface area contributed by atoms with Gasteiger partial charge in [-0.25, -0.2) is 0 Å². The van der Waals surface area contributed by atoms with Gasteiger partial charge in [0.15, 0.2) is 0 Å². The van der Waals surface area contributed by atoms with Crippen molar-refractivity contribution in [1.29, 1.82) is 0 Å². The molecule has 2 unspecified atom stereocenters. The normalized spacial score (nSPS) is 56.5. The van der Waals surface area contributed by atoms with Crippen molar-refractivity contribution in [2.24, 2.45) is 17.3 Å². The molecule has 2 saturated carbocycles. The Bertz CT molecular complexity index is 223. The second-order valence-corrected chi connectivity index (χ2v) is 5.60. The third-order valence-electron chi connectivity index (χ3n) is 4.48. The van der Waals surface area contributed by atoms with Crippen molar-refractivity contribution in [2.45, 2.75) is 45.7 Å². The lowest BCUT2D eigenvalue weighted by Crippen LogP contribution is -2.50. The van der Waals surface area contributed by atoms with E-state index in [9.17, 15) is 0 Å². The third-order valence-corrected chi connectivity index (χ3v) is 4.48. The molecule has 1 aliphatic heterocycles. The summed E-state index contributed by atoms with van der Waals surface area (Å²) in [6.07, 6.45) is 3.06. The Balaban J connectivity index is 1.73. The van der Waals surface area contributed by atoms with Crippen LogP contribution >= 0.6 is 0 Å². The highest BCUT2D eigenvalue weighted by Crippen LogP contribution is 2.73. The van der Waals surface area contributed by atoms with Crippen LogP contribution in [0.15, 0.2) is 0 Å². The first-order chi connectivity index (χ1) is 5.65. The summed E-state index contributed by atoms with van der Waals surface area (Å²) < 4.78 is 0. The molecule has 0 radical (unpaired) electrons. The van der Waals surface area contributed by atoms with E-state index in [-0.39, 0.29) is 0 Å². The fourth-order valence-corrected chi connectivity index (χ4v) is 4.02. The molecule has 1 nitrogen and oxygen atoms in total. The lowest BCUT2D eigenvalue weighted by molar-refractivity contribution is 0.0519. The Morgan fingerprint density at radius 3 is 2.75 bits per heavy atom. The van der Waals surface area contributed by atoms with E-state index >= 15 is 0 Å². The maximum atomic E-state index is 2.70. The Kier molecular flexibility index (Phi) is 1.16. The standard InChI is InChI=1S/C11H19N/c1-7(2)12-6-11-5-8(3)4-9(11)10(11)12/h7-10H,4-6H2,1-3H3/t8-,9?,10+,11?/m0/s1. The van der Waals surface area contributed by atoms with Gasteiger partial charge in [-0.2, -0.15) is 0 Å². The molecular formula is C11H19N. The topological polar surface area (TPSA) is 3.24 Å². The van der Waals surface area contributed by atoms with Gasteiger partial charge in [-0.3, -0.25) is 4.90 Å². The fraction of sp³-hybridized carbons (Fsp3) is 1.00. The number of hydrogen-bond donors (Lipinski definition) is 0. The molecule has 0 aromatic carbocycles. The Morgan fingerprint density at radius 1 is 1.42 bits per heavy atom. The summed E-state index contributed by atoms with van der Waals surface area (Å²) in [5.41, 5.74) is 0.851. The first kappa shape index (κ1) is 7.37. The van der Waals surface area contributed by atoms with Crippen molar-refractivity contribution in [1.82, 2.24) is 4.90 Å². The lowest BCUT2D eigenvalue weighted by Gasteiger charge is -2.42. The van der Waals surface area contributed by atoms with E-state index in [1.807, 2.05) is 0 Å². The quantitative estimate of drug-likeness (QED) is 0.575. The summed E-state index contributed by atoms with van der Waals surface area (Å²) in [4.78, 5) is 2.70. The first-order valence-electron chi connectivity index (χ1n) is 5.41. The Hall–Kier alpha value is -0.0400. The van der Waals surface area contributed by atoms with Crippen LogP contribution in [-0.4, -0.2) is 23.5 Å². The number of likely N-dealkylation sites (tertiary alicyclic amines) is 1. The van der Waals surface area contributed by atoms with Gasteiger partial charge in [-0.1, -0.05) is 6.92 Å². The zero-order valence-corrected chi connectivity index (χ0v) is 8.38. The minimum absolute atomic E-state index is 0.793. The number of hydrogen-bond acceptors (Lipinski definition) is 1. The second-order valence-electron chi connectivity index (χ2n) is 5.60. The predicted molar refractivity (Wildman–Crippen MR) is 50.0 cm³/mol. The van der Waals surface area contributed by atoms with Gasteiger partial charge in [0.1, 0.15) is 0 Å². The molecule has 0 aromatic rings. The molecule has 12 heavy (non-hydrogen) atoms. The van der Waals surface area contributed by atoms with Crippen LogP contribution in [0, 0.1) is 17.3 Å². The van der Waals surface area contributed by atoms with Crippen LogP contribution in [0.3, 0.4) is 0 Å². The number of rotatable bonds is 1. The van der Waals surface area contributed by atoms with E-state index in [4.69, 9.17) is 0 Å². The van der Waals surface area contributed by atoms with Gasteiger partial charge in [0.2, 0.25) is 0 Å². The van der Waals surface area contributed by atoms with Crippen molar-refractivity contribution in [3.63, 3.8) is 0 Å². The molecular weight excluding hydrogens is 146 g/mol. The summed E-state index contributed by atoms with van der Waals surface area (Å²) in [5, 5.41) is 0. The highest BCUT2D eigenvalue weighted by molar-refractivity contribution is 5.29. The molecule has 1 spiro atoms. The second kappa shape index (κ2) is 1.89. The van der Waals surface area contributed by atoms with Crippen LogP contribution in [0.25, 0.3) is 0 Å². The van der Waals surface area contributed by atoms with E-state index in [1.165, 1.54) is 19.4 Å². The van der Waals surface area contributed by atoms with Crippen molar-refractivity contribution in [3.05, 3.63) is 0 Å². The van der Waals surface area contributed by atoms with Crippen LogP contribution in [0.1, 0.15) is 33.6 Å². The van der Waals surface area contributed by atoms with Crippen molar-refractivity contribution in [3.8, 4) is 0 Å². The van der Waals surface area contributed by atoms with Crippen molar-refractivity contribution >= 4 is 0 Å². The fourth-order valence-electron chi connectivity index (χ4n) is 4.02. The van der Waals surface area contributed by atoms with E-state index in [0.717, 1.165) is 29.3 Å². The summed E-state index contributed by atoms with van der Waals surface area (Å²) in [5.74, 6) is 2.13. The van der Waals surface area contributed by atoms with Gasteiger partial charge in [-0.05, 0) is 38.5 Å². The SMILES string of the molecule is CC(C)N1CC23C[C@@H](C)CC2[C@@H]13. The van der Waals surface area contributed by atoms with Gasteiger partial charge in [0.05, 0.1) is 0 Å². The average Bonchev–Trinajstić information content (AvgIpc) is 2.33. The van der Waals surface area contributed by atoms with Crippen LogP contribution in [0.2, 0.25) is 0 Å². The van der Waals surface area contributed by atoms with E-state index < -0.39 is 0 Å². The molecule has 3 aliphatic rings. The smallest absolute Gasteiger partial charge is 0.0205 e. The van der Waals surface area contributed by atoms with Gasteiger partial charge in [0, 0.05) is 24.0 Å². The number of fused-ring (bicyclic) bond motifs is 1. The molecule has 3 fully saturated rings. The maximum absolute atomic E-state index is 2.70. The minimum atomic E-state index is 0.793. The summed E-state index contributed by atoms with van der Waals surface area (Å²) in [7, 11) is 0. The molecule has 0 N–H and O–H groups in total. The molecule has 2 aliphatic carbocycles. The summed E-state index contributed by atoms with van der Waals surface area (Å²) in [6, 6.07) is 1.82. The van der Waals surface area contributed by atoms with Gasteiger partial charge in [-0.15, -0.1) is 0 Å². The summed E-state index contributed by atoms with van der Waals surface area (Å²) in [6.45, 7) is 8.52. The van der Waals surface area contributed by atoms with E-state index in [0.29, 0.717) is 0 Å². The Labute approximate surface area is 75.1 Å². The first-order valence-corrected chi connectivity index (χ1v) is 5.41. The summed E-state index contributed by atoms with van der Waals surface area (Å²) >= 11 is 0. The molecule has 68 valence electrons. The largest absolute Gasteiger partial charge is 0.296 e. The monoisotopic (exact) mass is 165 g/mol. The van der Waals surface area contributed by atoms with Gasteiger partial charge in [0.25, 0.3) is 0 Å². The van der Waals surface area contributed by atoms with Crippen LogP contribution < -0.4 is 0 Å².